The number of hydrogen-bond donors (Lipinski definition) is 1. The molecule has 0 saturated carbocycles. The number of fused-ring (bicyclic) bond motifs is 1. The first-order valence-electron chi connectivity index (χ1n) is 10.7. The van der Waals surface area contributed by atoms with Gasteiger partial charge >= 0.3 is 5.91 Å². The second-order valence-electron chi connectivity index (χ2n) is 7.90. The number of carbonyl (C=O) groups is 2. The van der Waals surface area contributed by atoms with Crippen LogP contribution in [0.25, 0.3) is 16.0 Å². The van der Waals surface area contributed by atoms with Crippen LogP contribution in [0, 0.1) is 5.82 Å². The summed E-state index contributed by atoms with van der Waals surface area (Å²) in [6.45, 7) is 0. The molecule has 0 radical (unpaired) electrons. The van der Waals surface area contributed by atoms with Gasteiger partial charge < -0.3 is 14.6 Å². The second-order valence-corrected chi connectivity index (χ2v) is 9.34. The number of aromatic nitrogens is 1. The van der Waals surface area contributed by atoms with E-state index in [4.69, 9.17) is 21.1 Å². The van der Waals surface area contributed by atoms with Crippen molar-refractivity contribution >= 4 is 55.7 Å². The molecule has 1 unspecified atom stereocenters. The van der Waals surface area contributed by atoms with E-state index in [2.05, 4.69) is 4.98 Å². The van der Waals surface area contributed by atoms with Crippen molar-refractivity contribution in [3.63, 3.8) is 0 Å². The van der Waals surface area contributed by atoms with Crippen molar-refractivity contribution in [2.24, 2.45) is 0 Å². The van der Waals surface area contributed by atoms with Crippen LogP contribution in [0.5, 0.6) is 11.5 Å². The zero-order valence-electron chi connectivity index (χ0n) is 19.0. The maximum atomic E-state index is 13.8. The number of benzene rings is 3. The normalized spacial score (nSPS) is 17.1. The third kappa shape index (κ3) is 3.96. The number of Topliss-reactive ketones (excluding diaryl/α,β-unsaturated/α-hetero) is 1. The van der Waals surface area contributed by atoms with E-state index < -0.39 is 29.3 Å². The number of carbonyl (C=O) groups excluding carboxylic acids is 2. The molecule has 1 N–H and O–H groups in total. The summed E-state index contributed by atoms with van der Waals surface area (Å²) in [5.74, 6) is -1.93. The Bertz CT molecular complexity index is 1570. The van der Waals surface area contributed by atoms with E-state index in [9.17, 15) is 19.1 Å². The number of rotatable bonds is 5. The van der Waals surface area contributed by atoms with Crippen LogP contribution < -0.4 is 14.4 Å². The van der Waals surface area contributed by atoms with Gasteiger partial charge in [-0.15, -0.1) is 0 Å². The quantitative estimate of drug-likeness (QED) is 0.204. The van der Waals surface area contributed by atoms with Crippen LogP contribution >= 0.6 is 22.9 Å². The molecule has 4 aromatic rings. The molecule has 10 heteroatoms. The van der Waals surface area contributed by atoms with Crippen LogP contribution in [0.4, 0.5) is 9.52 Å². The van der Waals surface area contributed by atoms with Gasteiger partial charge in [0, 0.05) is 5.02 Å². The number of amides is 1. The van der Waals surface area contributed by atoms with Gasteiger partial charge in [0.1, 0.15) is 23.1 Å². The highest BCUT2D eigenvalue weighted by Crippen LogP contribution is 2.45. The average Bonchev–Trinajstić information content (AvgIpc) is 3.41. The molecule has 2 heterocycles. The molecule has 1 fully saturated rings. The van der Waals surface area contributed by atoms with Crippen molar-refractivity contribution in [1.82, 2.24) is 4.98 Å². The van der Waals surface area contributed by atoms with Gasteiger partial charge in [-0.3, -0.25) is 14.5 Å². The molecule has 1 saturated heterocycles. The summed E-state index contributed by atoms with van der Waals surface area (Å²) in [4.78, 5) is 32.5. The maximum absolute atomic E-state index is 13.8. The van der Waals surface area contributed by atoms with Gasteiger partial charge in [0.25, 0.3) is 5.78 Å². The molecule has 1 aliphatic heterocycles. The first kappa shape index (κ1) is 23.8. The minimum Gasteiger partial charge on any atom is -0.507 e. The molecule has 0 bridgehead atoms. The lowest BCUT2D eigenvalue weighted by Gasteiger charge is -2.23. The maximum Gasteiger partial charge on any atom is 0.301 e. The predicted octanol–water partition coefficient (Wildman–Crippen LogP) is 5.73. The minimum absolute atomic E-state index is 0.155. The molecule has 1 amide bonds. The number of halogens is 2. The summed E-state index contributed by atoms with van der Waals surface area (Å²) >= 11 is 7.22. The average molecular weight is 525 g/mol. The minimum atomic E-state index is -1.05. The summed E-state index contributed by atoms with van der Waals surface area (Å²) in [6, 6.07) is 14.4. The molecular formula is C26H18ClFN2O5S. The Balaban J connectivity index is 1.77. The summed E-state index contributed by atoms with van der Waals surface area (Å²) in [7, 11) is 2.91. The number of ether oxygens (including phenoxy) is 2. The Labute approximate surface area is 214 Å². The molecule has 1 atom stereocenters. The molecule has 1 aliphatic rings. The first-order valence-corrected chi connectivity index (χ1v) is 11.9. The number of aliphatic hydroxyl groups is 1. The predicted molar refractivity (Wildman–Crippen MR) is 135 cm³/mol. The van der Waals surface area contributed by atoms with Crippen LogP contribution in [0.15, 0.2) is 66.2 Å². The molecule has 0 aliphatic carbocycles. The zero-order valence-corrected chi connectivity index (χ0v) is 20.6. The standard InChI is InChI=1S/C26H18ClFN2O5S/c1-34-16-5-3-4-13(10-16)22-21(23(31)17-11-14(27)6-9-19(17)35-2)24(32)25(33)30(22)26-29-18-8-7-15(28)12-20(18)36-26/h3-12,22,31H,1-2H3/b23-21+. The lowest BCUT2D eigenvalue weighted by molar-refractivity contribution is -0.132. The third-order valence-electron chi connectivity index (χ3n) is 5.82. The van der Waals surface area contributed by atoms with E-state index >= 15 is 0 Å². The molecule has 3 aromatic carbocycles. The third-order valence-corrected chi connectivity index (χ3v) is 7.07. The van der Waals surface area contributed by atoms with Crippen molar-refractivity contribution in [2.45, 2.75) is 6.04 Å². The zero-order chi connectivity index (χ0) is 25.6. The molecule has 1 aromatic heterocycles. The van der Waals surface area contributed by atoms with Crippen LogP contribution in [0.3, 0.4) is 0 Å². The van der Waals surface area contributed by atoms with E-state index in [1.165, 1.54) is 43.4 Å². The van der Waals surface area contributed by atoms with Crippen LogP contribution in [-0.4, -0.2) is 36.0 Å². The molecule has 182 valence electrons. The number of ketones is 1. The number of hydrogen-bond acceptors (Lipinski definition) is 7. The summed E-state index contributed by atoms with van der Waals surface area (Å²) in [6.07, 6.45) is 0. The highest BCUT2D eigenvalue weighted by atomic mass is 35.5. The number of methoxy groups -OCH3 is 2. The van der Waals surface area contributed by atoms with Crippen LogP contribution in [0.2, 0.25) is 5.02 Å². The number of anilines is 1. The van der Waals surface area contributed by atoms with Crippen molar-refractivity contribution in [2.75, 3.05) is 19.1 Å². The van der Waals surface area contributed by atoms with E-state index in [1.54, 1.807) is 36.4 Å². The number of thiazole rings is 1. The SMILES string of the molecule is COc1cccc(C2/C(=C(\O)c3cc(Cl)ccc3OC)C(=O)C(=O)N2c2nc3ccc(F)cc3s2)c1. The lowest BCUT2D eigenvalue weighted by Crippen LogP contribution is -2.29. The van der Waals surface area contributed by atoms with Crippen molar-refractivity contribution in [3.8, 4) is 11.5 Å². The largest absolute Gasteiger partial charge is 0.507 e. The highest BCUT2D eigenvalue weighted by molar-refractivity contribution is 7.22. The van der Waals surface area contributed by atoms with Gasteiger partial charge in [-0.25, -0.2) is 9.37 Å². The summed E-state index contributed by atoms with van der Waals surface area (Å²) in [5, 5.41) is 11.9. The molecule has 36 heavy (non-hydrogen) atoms. The van der Waals surface area contributed by atoms with Crippen LogP contribution in [-0.2, 0) is 9.59 Å². The lowest BCUT2D eigenvalue weighted by atomic mass is 9.95. The van der Waals surface area contributed by atoms with E-state index in [0.717, 1.165) is 11.3 Å². The Morgan fingerprint density at radius 1 is 1.08 bits per heavy atom. The fourth-order valence-electron chi connectivity index (χ4n) is 4.16. The fraction of sp³-hybridized carbons (Fsp3) is 0.115. The monoisotopic (exact) mass is 524 g/mol. The first-order chi connectivity index (χ1) is 17.3. The van der Waals surface area contributed by atoms with Gasteiger partial charge in [0.05, 0.1) is 41.6 Å². The smallest absolute Gasteiger partial charge is 0.301 e. The van der Waals surface area contributed by atoms with Gasteiger partial charge in [-0.2, -0.15) is 0 Å². The Morgan fingerprint density at radius 3 is 2.64 bits per heavy atom. The fourth-order valence-corrected chi connectivity index (χ4v) is 5.35. The molecular weight excluding hydrogens is 507 g/mol. The summed E-state index contributed by atoms with van der Waals surface area (Å²) in [5.41, 5.74) is 0.960. The molecule has 5 rings (SSSR count). The van der Waals surface area contributed by atoms with Gasteiger partial charge in [0.2, 0.25) is 0 Å². The second kappa shape index (κ2) is 9.25. The van der Waals surface area contributed by atoms with Crippen molar-refractivity contribution in [1.29, 1.82) is 0 Å². The van der Waals surface area contributed by atoms with E-state index in [0.29, 0.717) is 26.6 Å². The topological polar surface area (TPSA) is 89.0 Å². The van der Waals surface area contributed by atoms with Crippen LogP contribution in [0.1, 0.15) is 17.2 Å². The Hall–Kier alpha value is -3.95. The number of nitrogens with zero attached hydrogens (tertiary/aromatic N) is 2. The van der Waals surface area contributed by atoms with Crippen molar-refractivity contribution in [3.05, 3.63) is 88.2 Å². The summed E-state index contributed by atoms with van der Waals surface area (Å²) < 4.78 is 25.0. The van der Waals surface area contributed by atoms with Gasteiger partial charge in [0.15, 0.2) is 5.13 Å². The molecule has 7 nitrogen and oxygen atoms in total. The van der Waals surface area contributed by atoms with E-state index in [-0.39, 0.29) is 22.0 Å². The Morgan fingerprint density at radius 2 is 1.89 bits per heavy atom. The Kier molecular flexibility index (Phi) is 6.11. The van der Waals surface area contributed by atoms with Gasteiger partial charge in [-0.1, -0.05) is 35.1 Å². The molecule has 0 spiro atoms. The highest BCUT2D eigenvalue weighted by Gasteiger charge is 2.48. The number of aliphatic hydroxyl groups excluding tert-OH is 1. The van der Waals surface area contributed by atoms with Crippen molar-refractivity contribution < 1.29 is 28.6 Å². The van der Waals surface area contributed by atoms with E-state index in [1.807, 2.05) is 0 Å². The van der Waals surface area contributed by atoms with Gasteiger partial charge in [-0.05, 0) is 54.1 Å².